The molecule has 0 aliphatic carbocycles. The molecule has 5 rings (SSSR count). The van der Waals surface area contributed by atoms with Crippen LogP contribution in [0.5, 0.6) is 5.75 Å². The predicted octanol–water partition coefficient (Wildman–Crippen LogP) is 3.90. The number of rotatable bonds is 4. The summed E-state index contributed by atoms with van der Waals surface area (Å²) in [5, 5.41) is 12.2. The van der Waals surface area contributed by atoms with Crippen molar-refractivity contribution in [3.8, 4) is 5.75 Å². The zero-order chi connectivity index (χ0) is 17.4. The van der Waals surface area contributed by atoms with Crippen molar-refractivity contribution in [1.29, 1.82) is 0 Å². The normalized spacial score (nSPS) is 30.0. The predicted molar refractivity (Wildman–Crippen MR) is 103 cm³/mol. The maximum atomic E-state index is 11.2. The highest BCUT2D eigenvalue weighted by Gasteiger charge is 2.42. The summed E-state index contributed by atoms with van der Waals surface area (Å²) in [6.07, 6.45) is 5.80. The highest BCUT2D eigenvalue weighted by Crippen LogP contribution is 2.42. The fourth-order valence-corrected chi connectivity index (χ4v) is 4.88. The minimum atomic E-state index is -0.505. The van der Waals surface area contributed by atoms with E-state index in [0.29, 0.717) is 11.8 Å². The van der Waals surface area contributed by atoms with Gasteiger partial charge in [0.05, 0.1) is 18.7 Å². The van der Waals surface area contributed by atoms with E-state index in [0.717, 1.165) is 41.7 Å². The van der Waals surface area contributed by atoms with Gasteiger partial charge < -0.3 is 9.84 Å². The molecule has 3 aliphatic heterocycles. The molecule has 0 spiro atoms. The number of hydrogen-bond donors (Lipinski definition) is 1. The second-order valence-electron chi connectivity index (χ2n) is 7.06. The first-order chi connectivity index (χ1) is 12.2. The van der Waals surface area contributed by atoms with Crippen LogP contribution in [0.4, 0.5) is 0 Å². The van der Waals surface area contributed by atoms with Gasteiger partial charge in [-0.05, 0) is 66.0 Å². The van der Waals surface area contributed by atoms with Gasteiger partial charge in [-0.2, -0.15) is 0 Å². The van der Waals surface area contributed by atoms with E-state index in [9.17, 15) is 5.11 Å². The van der Waals surface area contributed by atoms with Crippen LogP contribution in [0, 0.1) is 11.8 Å². The zero-order valence-corrected chi connectivity index (χ0v) is 15.9. The summed E-state index contributed by atoms with van der Waals surface area (Å²) >= 11 is 3.41. The van der Waals surface area contributed by atoms with E-state index < -0.39 is 6.10 Å². The first-order valence-corrected chi connectivity index (χ1v) is 9.74. The van der Waals surface area contributed by atoms with Gasteiger partial charge >= 0.3 is 0 Å². The van der Waals surface area contributed by atoms with E-state index in [4.69, 9.17) is 4.74 Å². The van der Waals surface area contributed by atoms with E-state index in [2.05, 4.69) is 31.9 Å². The third kappa shape index (κ3) is 3.09. The molecule has 132 valence electrons. The fraction of sp³-hybridized carbons (Fsp3) is 0.450. The van der Waals surface area contributed by atoms with E-state index >= 15 is 0 Å². The van der Waals surface area contributed by atoms with Gasteiger partial charge in [-0.3, -0.25) is 9.88 Å². The Hall–Kier alpha value is -1.43. The average molecular weight is 403 g/mol. The van der Waals surface area contributed by atoms with Gasteiger partial charge in [-0.15, -0.1) is 0 Å². The molecule has 1 aromatic carbocycles. The van der Waals surface area contributed by atoms with Crippen molar-refractivity contribution in [2.24, 2.45) is 11.8 Å². The topological polar surface area (TPSA) is 45.6 Å². The number of aliphatic hydroxyl groups excluding tert-OH is 1. The van der Waals surface area contributed by atoms with E-state index in [1.807, 2.05) is 29.3 Å². The summed E-state index contributed by atoms with van der Waals surface area (Å²) in [5.41, 5.74) is 1.85. The van der Waals surface area contributed by atoms with E-state index in [-0.39, 0.29) is 6.04 Å². The van der Waals surface area contributed by atoms with Gasteiger partial charge in [0, 0.05) is 24.2 Å². The Morgan fingerprint density at radius 2 is 2.28 bits per heavy atom. The van der Waals surface area contributed by atoms with Gasteiger partial charge in [0.2, 0.25) is 0 Å². The molecule has 4 heterocycles. The van der Waals surface area contributed by atoms with Crippen molar-refractivity contribution in [1.82, 2.24) is 9.88 Å². The molecule has 0 radical (unpaired) electrons. The van der Waals surface area contributed by atoms with Gasteiger partial charge in [-0.25, -0.2) is 0 Å². The summed E-state index contributed by atoms with van der Waals surface area (Å²) in [7, 11) is 1.66. The number of nitrogens with zero attached hydrogens (tertiary/aromatic N) is 2. The number of halogens is 1. The van der Waals surface area contributed by atoms with Crippen molar-refractivity contribution in [2.75, 3.05) is 20.2 Å². The Labute approximate surface area is 156 Å². The minimum Gasteiger partial charge on any atom is -0.497 e. The number of hydrogen-bond acceptors (Lipinski definition) is 4. The summed E-state index contributed by atoms with van der Waals surface area (Å²) < 4.78 is 5.36. The monoisotopic (exact) mass is 402 g/mol. The molecule has 5 heteroatoms. The largest absolute Gasteiger partial charge is 0.497 e. The molecule has 2 bridgehead atoms. The van der Waals surface area contributed by atoms with Crippen molar-refractivity contribution >= 4 is 26.8 Å². The molecule has 0 amide bonds. The first-order valence-electron chi connectivity index (χ1n) is 8.83. The van der Waals surface area contributed by atoms with Gasteiger partial charge in [-0.1, -0.05) is 22.0 Å². The third-order valence-corrected chi connectivity index (χ3v) is 6.14. The van der Waals surface area contributed by atoms with Crippen LogP contribution in [0.1, 0.15) is 24.5 Å². The standard InChI is InChI=1S/C20H23BrN2O2/c1-25-15-2-3-18-17(11-15)16(5-8-22-18)20(24)19-10-13-6-9-23(19)12-14(13)4-7-21/h2-5,7-8,11,13-14,19-20,24H,6,9-10,12H2,1H3/b7-4-/t13-,14-,19+,20-/m0/s1. The number of pyridine rings is 1. The molecule has 3 aliphatic rings. The number of ether oxygens (including phenoxy) is 1. The lowest BCUT2D eigenvalue weighted by molar-refractivity contribution is -0.0445. The van der Waals surface area contributed by atoms with Gasteiger partial charge in [0.25, 0.3) is 0 Å². The number of fused-ring (bicyclic) bond motifs is 4. The Kier molecular flexibility index (Phi) is 4.80. The summed E-state index contributed by atoms with van der Waals surface area (Å²) in [6.45, 7) is 2.10. The molecular formula is C20H23BrN2O2. The number of aromatic nitrogens is 1. The number of piperidine rings is 3. The van der Waals surface area contributed by atoms with Crippen molar-refractivity contribution in [3.05, 3.63) is 47.1 Å². The van der Waals surface area contributed by atoms with Crippen LogP contribution in [0.15, 0.2) is 41.5 Å². The molecule has 4 nitrogen and oxygen atoms in total. The average Bonchev–Trinajstić information content (AvgIpc) is 2.67. The molecule has 2 aromatic rings. The first kappa shape index (κ1) is 17.0. The molecule has 3 fully saturated rings. The highest BCUT2D eigenvalue weighted by molar-refractivity contribution is 9.11. The summed E-state index contributed by atoms with van der Waals surface area (Å²) in [4.78, 5) is 8.87. The van der Waals surface area contributed by atoms with E-state index in [1.165, 1.54) is 6.42 Å². The highest BCUT2D eigenvalue weighted by atomic mass is 79.9. The maximum absolute atomic E-state index is 11.2. The molecule has 25 heavy (non-hydrogen) atoms. The van der Waals surface area contributed by atoms with Crippen LogP contribution in [0.25, 0.3) is 10.9 Å². The molecule has 0 saturated carbocycles. The van der Waals surface area contributed by atoms with Crippen molar-refractivity contribution < 1.29 is 9.84 Å². The van der Waals surface area contributed by atoms with Crippen LogP contribution >= 0.6 is 15.9 Å². The number of aliphatic hydroxyl groups is 1. The smallest absolute Gasteiger partial charge is 0.119 e. The number of methoxy groups -OCH3 is 1. The molecule has 1 unspecified atom stereocenters. The molecule has 1 N–H and O–H groups in total. The van der Waals surface area contributed by atoms with Gasteiger partial charge in [0.1, 0.15) is 5.75 Å². The second kappa shape index (κ2) is 7.06. The molecular weight excluding hydrogens is 380 g/mol. The Bertz CT molecular complexity index is 794. The maximum Gasteiger partial charge on any atom is 0.119 e. The van der Waals surface area contributed by atoms with Crippen molar-refractivity contribution in [3.63, 3.8) is 0 Å². The van der Waals surface area contributed by atoms with Crippen LogP contribution in [0.3, 0.4) is 0 Å². The van der Waals surface area contributed by atoms with Gasteiger partial charge in [0.15, 0.2) is 0 Å². The van der Waals surface area contributed by atoms with Crippen molar-refractivity contribution in [2.45, 2.75) is 25.0 Å². The Morgan fingerprint density at radius 3 is 3.00 bits per heavy atom. The van der Waals surface area contributed by atoms with Crippen LogP contribution in [0.2, 0.25) is 0 Å². The lowest BCUT2D eigenvalue weighted by atomic mass is 9.73. The lowest BCUT2D eigenvalue weighted by Gasteiger charge is -2.50. The fourth-order valence-electron chi connectivity index (χ4n) is 4.49. The SMILES string of the molecule is COc1ccc2nccc([C@H](O)[C@H]3C[C@@H]4CCN3C[C@@H]4/C=C\Br)c2c1. The summed E-state index contributed by atoms with van der Waals surface area (Å²) in [6, 6.07) is 7.97. The van der Waals surface area contributed by atoms with Crippen LogP contribution in [-0.4, -0.2) is 41.2 Å². The number of benzene rings is 1. The molecule has 1 aromatic heterocycles. The molecule has 5 atom stereocenters. The third-order valence-electron chi connectivity index (χ3n) is 5.84. The Balaban J connectivity index is 1.66. The summed E-state index contributed by atoms with van der Waals surface area (Å²) in [5.74, 6) is 2.04. The minimum absolute atomic E-state index is 0.176. The Morgan fingerprint density at radius 1 is 1.40 bits per heavy atom. The van der Waals surface area contributed by atoms with Crippen LogP contribution < -0.4 is 4.74 Å². The quantitative estimate of drug-likeness (QED) is 0.842. The second-order valence-corrected chi connectivity index (χ2v) is 7.59. The zero-order valence-electron chi connectivity index (χ0n) is 14.3. The van der Waals surface area contributed by atoms with Crippen LogP contribution in [-0.2, 0) is 0 Å². The molecule has 3 saturated heterocycles. The lowest BCUT2D eigenvalue weighted by Crippen LogP contribution is -2.54. The van der Waals surface area contributed by atoms with E-state index in [1.54, 1.807) is 13.3 Å².